The van der Waals surface area contributed by atoms with Crippen LogP contribution < -0.4 is 41.5 Å². The van der Waals surface area contributed by atoms with Gasteiger partial charge in [0.2, 0.25) is 0 Å². The fraction of sp³-hybridized carbons (Fsp3) is 0. The summed E-state index contributed by atoms with van der Waals surface area (Å²) in [4.78, 5) is 0. The van der Waals surface area contributed by atoms with E-state index in [0.29, 0.717) is 0 Å². The molecule has 2 aromatic heterocycles. The van der Waals surface area contributed by atoms with E-state index < -0.39 is 16.1 Å². The minimum atomic E-state index is -2.72. The SMILES string of the molecule is c1ccc([Si](c2ccccc2)(c2ccccc2)c2ccc(-n3c4ccccc4c4ccc(-n5c6ccccc6c6cccc(-c7ccc8c(c7)-c7ccccc7[Si]8(c7ccccc7)c7ccccc7)c65)cc43)cc2)cc1. The Balaban J connectivity index is 0.928. The predicted molar refractivity (Wildman–Crippen MR) is 327 cm³/mol. The van der Waals surface area contributed by atoms with E-state index in [2.05, 4.69) is 312 Å². The average Bonchev–Trinajstić information content (AvgIpc) is 4.27. The topological polar surface area (TPSA) is 9.86 Å². The molecule has 1 aliphatic heterocycles. The third-order valence-electron chi connectivity index (χ3n) is 16.6. The molecule has 0 spiro atoms. The standard InChI is InChI=1S/C72H50N2Si2/c1-6-23-54(24-7-1)75(55-25-8-2-9-26-55,56-27-10-3-11-28-56)59-45-42-52(43-46-59)73-67-38-19-16-33-61(67)63-47-44-53(50-69(63)73)74-68-39-20-17-34-62(68)65-37-22-36-60(72(65)74)51-41-48-71-66(49-51)64-35-18-21-40-70(64)76(71,57-29-12-4-13-30-57)58-31-14-5-15-32-58/h1-50H. The van der Waals surface area contributed by atoms with Crippen LogP contribution in [0.4, 0.5) is 0 Å². The van der Waals surface area contributed by atoms with Gasteiger partial charge in [0, 0.05) is 38.5 Å². The molecule has 0 aliphatic carbocycles. The van der Waals surface area contributed by atoms with Crippen LogP contribution in [0.25, 0.3) is 77.2 Å². The normalized spacial score (nSPS) is 12.8. The molecule has 0 atom stereocenters. The van der Waals surface area contributed by atoms with Crippen molar-refractivity contribution in [3.05, 3.63) is 303 Å². The monoisotopic (exact) mass is 998 g/mol. The summed E-state index contributed by atoms with van der Waals surface area (Å²) in [5.74, 6) is 0. The molecule has 0 saturated carbocycles. The Kier molecular flexibility index (Phi) is 10.3. The molecule has 0 bridgehead atoms. The van der Waals surface area contributed by atoms with E-state index in [9.17, 15) is 0 Å². The number of hydrogen-bond acceptors (Lipinski definition) is 0. The maximum atomic E-state index is 2.53. The molecule has 0 radical (unpaired) electrons. The highest BCUT2D eigenvalue weighted by molar-refractivity contribution is 7.22. The van der Waals surface area contributed by atoms with Gasteiger partial charge in [-0.05, 0) is 101 Å². The smallest absolute Gasteiger partial charge is 0.180 e. The van der Waals surface area contributed by atoms with Crippen molar-refractivity contribution in [2.45, 2.75) is 0 Å². The Morgan fingerprint density at radius 1 is 0.263 bits per heavy atom. The molecule has 1 aliphatic rings. The van der Waals surface area contributed by atoms with E-state index in [1.807, 2.05) is 0 Å². The summed E-state index contributed by atoms with van der Waals surface area (Å²) in [7, 11) is -5.35. The third kappa shape index (κ3) is 6.45. The molecule has 0 N–H and O–H groups in total. The molecule has 12 aromatic carbocycles. The number of benzene rings is 12. The molecule has 0 unspecified atom stereocenters. The van der Waals surface area contributed by atoms with Crippen LogP contribution in [0, 0.1) is 0 Å². The van der Waals surface area contributed by atoms with Crippen molar-refractivity contribution < 1.29 is 0 Å². The summed E-state index contributed by atoms with van der Waals surface area (Å²) in [6.07, 6.45) is 0. The van der Waals surface area contributed by atoms with Gasteiger partial charge in [-0.25, -0.2) is 0 Å². The molecule has 0 amide bonds. The van der Waals surface area contributed by atoms with Crippen molar-refractivity contribution in [1.29, 1.82) is 0 Å². The molecule has 2 nitrogen and oxygen atoms in total. The average molecular weight is 999 g/mol. The first-order valence-corrected chi connectivity index (χ1v) is 30.4. The van der Waals surface area contributed by atoms with Crippen molar-refractivity contribution in [2.75, 3.05) is 0 Å². The summed E-state index contributed by atoms with van der Waals surface area (Å²) in [6.45, 7) is 0. The zero-order valence-electron chi connectivity index (χ0n) is 41.8. The Bertz CT molecular complexity index is 4350. The first-order valence-electron chi connectivity index (χ1n) is 26.4. The first kappa shape index (κ1) is 44.2. The van der Waals surface area contributed by atoms with Gasteiger partial charge in [-0.1, -0.05) is 261 Å². The molecule has 76 heavy (non-hydrogen) atoms. The lowest BCUT2D eigenvalue weighted by Gasteiger charge is -2.34. The third-order valence-corrected chi connectivity index (χ3v) is 26.2. The zero-order valence-corrected chi connectivity index (χ0v) is 43.8. The molecule has 3 heterocycles. The second kappa shape index (κ2) is 17.7. The van der Waals surface area contributed by atoms with Gasteiger partial charge < -0.3 is 9.13 Å². The Morgan fingerprint density at radius 2 is 0.711 bits per heavy atom. The molecular formula is C72H50N2Si2. The van der Waals surface area contributed by atoms with Crippen LogP contribution in [0.15, 0.2) is 303 Å². The van der Waals surface area contributed by atoms with E-state index in [0.717, 1.165) is 11.4 Å². The van der Waals surface area contributed by atoms with Gasteiger partial charge in [0.05, 0.1) is 22.1 Å². The van der Waals surface area contributed by atoms with Crippen LogP contribution in [0.2, 0.25) is 0 Å². The molecule has 0 saturated heterocycles. The second-order valence-corrected chi connectivity index (χ2v) is 27.8. The minimum Gasteiger partial charge on any atom is -0.309 e. The maximum Gasteiger partial charge on any atom is 0.180 e. The summed E-state index contributed by atoms with van der Waals surface area (Å²) in [5, 5.41) is 16.1. The van der Waals surface area contributed by atoms with Crippen LogP contribution in [-0.4, -0.2) is 25.3 Å². The van der Waals surface area contributed by atoms with E-state index in [1.165, 1.54) is 107 Å². The zero-order chi connectivity index (χ0) is 50.2. The predicted octanol–water partition coefficient (Wildman–Crippen LogP) is 12.3. The molecule has 14 aromatic rings. The highest BCUT2D eigenvalue weighted by Crippen LogP contribution is 2.42. The van der Waals surface area contributed by atoms with Crippen molar-refractivity contribution >= 4 is 101 Å². The van der Waals surface area contributed by atoms with Crippen molar-refractivity contribution in [1.82, 2.24) is 9.13 Å². The largest absolute Gasteiger partial charge is 0.309 e. The fourth-order valence-electron chi connectivity index (χ4n) is 13.4. The Hall–Kier alpha value is -9.33. The van der Waals surface area contributed by atoms with Gasteiger partial charge in [0.1, 0.15) is 0 Å². The second-order valence-electron chi connectivity index (χ2n) is 20.3. The van der Waals surface area contributed by atoms with Gasteiger partial charge >= 0.3 is 0 Å². The van der Waals surface area contributed by atoms with Gasteiger partial charge in [-0.3, -0.25) is 0 Å². The fourth-order valence-corrected chi connectivity index (χ4v) is 23.3. The van der Waals surface area contributed by atoms with Crippen LogP contribution in [0.3, 0.4) is 0 Å². The molecule has 15 rings (SSSR count). The van der Waals surface area contributed by atoms with Crippen molar-refractivity contribution in [2.24, 2.45) is 0 Å². The number of nitrogens with zero attached hydrogens (tertiary/aromatic N) is 2. The highest BCUT2D eigenvalue weighted by Gasteiger charge is 2.48. The molecule has 0 fully saturated rings. The lowest BCUT2D eigenvalue weighted by molar-refractivity contribution is 1.16. The highest BCUT2D eigenvalue weighted by atomic mass is 28.3. The lowest BCUT2D eigenvalue weighted by Crippen LogP contribution is -2.74. The van der Waals surface area contributed by atoms with E-state index >= 15 is 0 Å². The van der Waals surface area contributed by atoms with Crippen LogP contribution in [-0.2, 0) is 0 Å². The number of hydrogen-bond donors (Lipinski definition) is 0. The van der Waals surface area contributed by atoms with Crippen LogP contribution in [0.5, 0.6) is 0 Å². The Morgan fingerprint density at radius 3 is 1.33 bits per heavy atom. The number of para-hydroxylation sites is 3. The summed E-state index contributed by atoms with van der Waals surface area (Å²) >= 11 is 0. The maximum absolute atomic E-state index is 2.72. The quantitative estimate of drug-likeness (QED) is 0.101. The van der Waals surface area contributed by atoms with Crippen LogP contribution in [0.1, 0.15) is 0 Å². The van der Waals surface area contributed by atoms with Gasteiger partial charge in [-0.15, -0.1) is 0 Å². The van der Waals surface area contributed by atoms with Gasteiger partial charge in [0.25, 0.3) is 0 Å². The van der Waals surface area contributed by atoms with Gasteiger partial charge in [-0.2, -0.15) is 0 Å². The lowest BCUT2D eigenvalue weighted by atomic mass is 9.97. The minimum absolute atomic E-state index is 1.13. The first-order chi connectivity index (χ1) is 37.7. The summed E-state index contributed by atoms with van der Waals surface area (Å²) in [5.41, 5.74) is 12.1. The molecule has 356 valence electrons. The van der Waals surface area contributed by atoms with E-state index in [4.69, 9.17) is 0 Å². The Labute approximate surface area is 444 Å². The number of fused-ring (bicyclic) bond motifs is 9. The van der Waals surface area contributed by atoms with Crippen molar-refractivity contribution in [3.63, 3.8) is 0 Å². The number of aromatic nitrogens is 2. The molecule has 4 heteroatoms. The van der Waals surface area contributed by atoms with E-state index in [1.54, 1.807) is 0 Å². The summed E-state index contributed by atoms with van der Waals surface area (Å²) < 4.78 is 5.01. The van der Waals surface area contributed by atoms with Crippen molar-refractivity contribution in [3.8, 4) is 33.6 Å². The van der Waals surface area contributed by atoms with E-state index in [-0.39, 0.29) is 0 Å². The van der Waals surface area contributed by atoms with Crippen LogP contribution >= 0.6 is 0 Å². The molecular weight excluding hydrogens is 949 g/mol. The summed E-state index contributed by atoms with van der Waals surface area (Å²) in [6, 6.07) is 114. The van der Waals surface area contributed by atoms with Gasteiger partial charge in [0.15, 0.2) is 16.1 Å². The number of rotatable bonds is 9.